The molecule has 0 saturated carbocycles. The number of hydrogen-bond donors (Lipinski definition) is 0. The Morgan fingerprint density at radius 3 is 2.79 bits per heavy atom. The van der Waals surface area contributed by atoms with Crippen LogP contribution >= 0.6 is 11.8 Å². The van der Waals surface area contributed by atoms with Crippen LogP contribution in [-0.4, -0.2) is 31.0 Å². The van der Waals surface area contributed by atoms with Gasteiger partial charge in [-0.15, -0.1) is 0 Å². The van der Waals surface area contributed by atoms with Crippen LogP contribution in [0.3, 0.4) is 0 Å². The van der Waals surface area contributed by atoms with Crippen molar-refractivity contribution in [3.05, 3.63) is 23.8 Å². The summed E-state index contributed by atoms with van der Waals surface area (Å²) in [6.07, 6.45) is 4.72. The Kier molecular flexibility index (Phi) is 5.58. The third-order valence-electron chi connectivity index (χ3n) is 3.24. The molecule has 1 aromatic carbocycles. The SMILES string of the molecule is COc1ccc(CCC=O)cc1OC1CCSCC1. The van der Waals surface area contributed by atoms with E-state index in [2.05, 4.69) is 0 Å². The maximum Gasteiger partial charge on any atom is 0.161 e. The van der Waals surface area contributed by atoms with Crippen LogP contribution in [0.1, 0.15) is 24.8 Å². The Hall–Kier alpha value is -1.16. The summed E-state index contributed by atoms with van der Waals surface area (Å²) >= 11 is 1.98. The first-order valence-electron chi connectivity index (χ1n) is 6.68. The Balaban J connectivity index is 2.08. The Morgan fingerprint density at radius 2 is 2.11 bits per heavy atom. The predicted octanol–water partition coefficient (Wildman–Crippen LogP) is 3.10. The van der Waals surface area contributed by atoms with Gasteiger partial charge in [0.05, 0.1) is 7.11 Å². The van der Waals surface area contributed by atoms with E-state index in [1.807, 2.05) is 30.0 Å². The molecule has 3 nitrogen and oxygen atoms in total. The van der Waals surface area contributed by atoms with Gasteiger partial charge in [-0.3, -0.25) is 0 Å². The second-order valence-electron chi connectivity index (χ2n) is 4.62. The van der Waals surface area contributed by atoms with Crippen molar-refractivity contribution in [3.63, 3.8) is 0 Å². The van der Waals surface area contributed by atoms with Gasteiger partial charge in [-0.2, -0.15) is 11.8 Å². The minimum absolute atomic E-state index is 0.288. The van der Waals surface area contributed by atoms with Crippen molar-refractivity contribution in [2.45, 2.75) is 31.8 Å². The lowest BCUT2D eigenvalue weighted by Crippen LogP contribution is -2.22. The standard InChI is InChI=1S/C15H20O3S/c1-17-14-5-4-12(3-2-8-16)11-15(14)18-13-6-9-19-10-7-13/h4-5,8,11,13H,2-3,6-7,9-10H2,1H3. The van der Waals surface area contributed by atoms with Crippen molar-refractivity contribution in [3.8, 4) is 11.5 Å². The fraction of sp³-hybridized carbons (Fsp3) is 0.533. The number of rotatable bonds is 6. The van der Waals surface area contributed by atoms with Gasteiger partial charge in [0.25, 0.3) is 0 Å². The minimum Gasteiger partial charge on any atom is -0.493 e. The molecule has 19 heavy (non-hydrogen) atoms. The Morgan fingerprint density at radius 1 is 1.32 bits per heavy atom. The van der Waals surface area contributed by atoms with E-state index in [0.717, 1.165) is 54.1 Å². The number of carbonyl (C=O) groups excluding carboxylic acids is 1. The smallest absolute Gasteiger partial charge is 0.161 e. The van der Waals surface area contributed by atoms with Gasteiger partial charge in [-0.05, 0) is 48.5 Å². The molecule has 1 aliphatic heterocycles. The predicted molar refractivity (Wildman–Crippen MR) is 78.4 cm³/mol. The highest BCUT2D eigenvalue weighted by molar-refractivity contribution is 7.99. The summed E-state index contributed by atoms with van der Waals surface area (Å²) in [4.78, 5) is 10.4. The molecule has 4 heteroatoms. The first kappa shape index (κ1) is 14.3. The minimum atomic E-state index is 0.288. The molecule has 1 aromatic rings. The van der Waals surface area contributed by atoms with Gasteiger partial charge in [0.1, 0.15) is 12.4 Å². The van der Waals surface area contributed by atoms with Gasteiger partial charge >= 0.3 is 0 Å². The quantitative estimate of drug-likeness (QED) is 0.750. The number of methoxy groups -OCH3 is 1. The van der Waals surface area contributed by atoms with Crippen LogP contribution in [0.15, 0.2) is 18.2 Å². The van der Waals surface area contributed by atoms with Gasteiger partial charge in [0.2, 0.25) is 0 Å². The molecular weight excluding hydrogens is 260 g/mol. The first-order chi connectivity index (χ1) is 9.33. The van der Waals surface area contributed by atoms with Crippen LogP contribution in [0.25, 0.3) is 0 Å². The number of carbonyl (C=O) groups is 1. The summed E-state index contributed by atoms with van der Waals surface area (Å²) in [5, 5.41) is 0. The summed E-state index contributed by atoms with van der Waals surface area (Å²) in [5.74, 6) is 3.91. The molecule has 0 aliphatic carbocycles. The van der Waals surface area contributed by atoms with Gasteiger partial charge in [-0.25, -0.2) is 0 Å². The summed E-state index contributed by atoms with van der Waals surface area (Å²) in [5.41, 5.74) is 1.12. The maximum absolute atomic E-state index is 10.4. The molecule has 0 N–H and O–H groups in total. The van der Waals surface area contributed by atoms with E-state index < -0.39 is 0 Å². The third kappa shape index (κ3) is 4.16. The molecule has 1 heterocycles. The van der Waals surface area contributed by atoms with Crippen LogP contribution in [0.5, 0.6) is 11.5 Å². The van der Waals surface area contributed by atoms with Crippen molar-refractivity contribution in [1.82, 2.24) is 0 Å². The largest absolute Gasteiger partial charge is 0.493 e. The van der Waals surface area contributed by atoms with Crippen LogP contribution < -0.4 is 9.47 Å². The van der Waals surface area contributed by atoms with Crippen molar-refractivity contribution in [2.75, 3.05) is 18.6 Å². The maximum atomic E-state index is 10.4. The van der Waals surface area contributed by atoms with Crippen molar-refractivity contribution >= 4 is 18.0 Å². The van der Waals surface area contributed by atoms with Crippen molar-refractivity contribution < 1.29 is 14.3 Å². The van der Waals surface area contributed by atoms with E-state index in [1.54, 1.807) is 7.11 Å². The highest BCUT2D eigenvalue weighted by atomic mass is 32.2. The Bertz CT molecular complexity index is 414. The fourth-order valence-electron chi connectivity index (χ4n) is 2.17. The molecular formula is C15H20O3S. The Labute approximate surface area is 118 Å². The van der Waals surface area contributed by atoms with Gasteiger partial charge in [0.15, 0.2) is 11.5 Å². The lowest BCUT2D eigenvalue weighted by atomic mass is 10.1. The van der Waals surface area contributed by atoms with E-state index in [4.69, 9.17) is 9.47 Å². The average molecular weight is 280 g/mol. The zero-order valence-electron chi connectivity index (χ0n) is 11.3. The van der Waals surface area contributed by atoms with Crippen LogP contribution in [-0.2, 0) is 11.2 Å². The molecule has 1 fully saturated rings. The number of ether oxygens (including phenoxy) is 2. The summed E-state index contributed by atoms with van der Waals surface area (Å²) in [6, 6.07) is 5.92. The molecule has 0 aromatic heterocycles. The molecule has 0 unspecified atom stereocenters. The zero-order valence-corrected chi connectivity index (χ0v) is 12.1. The van der Waals surface area contributed by atoms with E-state index in [1.165, 1.54) is 0 Å². The van der Waals surface area contributed by atoms with Crippen molar-refractivity contribution in [2.24, 2.45) is 0 Å². The number of hydrogen-bond acceptors (Lipinski definition) is 4. The van der Waals surface area contributed by atoms with E-state index in [0.29, 0.717) is 6.42 Å². The number of aldehydes is 1. The fourth-order valence-corrected chi connectivity index (χ4v) is 3.23. The highest BCUT2D eigenvalue weighted by Crippen LogP contribution is 2.31. The van der Waals surface area contributed by atoms with E-state index in [-0.39, 0.29) is 6.10 Å². The molecule has 0 spiro atoms. The normalized spacial score (nSPS) is 16.1. The van der Waals surface area contributed by atoms with Crippen LogP contribution in [0.2, 0.25) is 0 Å². The molecule has 0 bridgehead atoms. The molecule has 1 aliphatic rings. The first-order valence-corrected chi connectivity index (χ1v) is 7.84. The van der Waals surface area contributed by atoms with Gasteiger partial charge in [-0.1, -0.05) is 6.07 Å². The van der Waals surface area contributed by atoms with E-state index in [9.17, 15) is 4.79 Å². The monoisotopic (exact) mass is 280 g/mol. The van der Waals surface area contributed by atoms with Gasteiger partial charge in [0, 0.05) is 6.42 Å². The number of aryl methyl sites for hydroxylation is 1. The molecule has 2 rings (SSSR count). The molecule has 0 amide bonds. The topological polar surface area (TPSA) is 35.5 Å². The third-order valence-corrected chi connectivity index (χ3v) is 4.29. The summed E-state index contributed by atoms with van der Waals surface area (Å²) < 4.78 is 11.4. The molecule has 0 radical (unpaired) electrons. The molecule has 0 atom stereocenters. The summed E-state index contributed by atoms with van der Waals surface area (Å²) in [7, 11) is 1.66. The average Bonchev–Trinajstić information content (AvgIpc) is 2.46. The van der Waals surface area contributed by atoms with Gasteiger partial charge < -0.3 is 14.3 Å². The highest BCUT2D eigenvalue weighted by Gasteiger charge is 2.17. The van der Waals surface area contributed by atoms with Crippen LogP contribution in [0.4, 0.5) is 0 Å². The lowest BCUT2D eigenvalue weighted by molar-refractivity contribution is -0.107. The molecule has 104 valence electrons. The van der Waals surface area contributed by atoms with Crippen molar-refractivity contribution in [1.29, 1.82) is 0 Å². The zero-order chi connectivity index (χ0) is 13.5. The van der Waals surface area contributed by atoms with E-state index >= 15 is 0 Å². The molecule has 1 saturated heterocycles. The second kappa shape index (κ2) is 7.43. The summed E-state index contributed by atoms with van der Waals surface area (Å²) in [6.45, 7) is 0. The lowest BCUT2D eigenvalue weighted by Gasteiger charge is -2.24. The second-order valence-corrected chi connectivity index (χ2v) is 5.84. The number of benzene rings is 1. The van der Waals surface area contributed by atoms with Crippen LogP contribution in [0, 0.1) is 0 Å². The number of thioether (sulfide) groups is 1.